The van der Waals surface area contributed by atoms with Crippen molar-refractivity contribution in [3.63, 3.8) is 0 Å². The molecule has 0 saturated heterocycles. The van der Waals surface area contributed by atoms with Crippen LogP contribution in [0.3, 0.4) is 0 Å². The summed E-state index contributed by atoms with van der Waals surface area (Å²) in [6.07, 6.45) is 1.11. The van der Waals surface area contributed by atoms with Gasteiger partial charge in [-0.05, 0) is 43.5 Å². The normalized spacial score (nSPS) is 11.2. The second-order valence-corrected chi connectivity index (χ2v) is 6.31. The second kappa shape index (κ2) is 7.39. The molecule has 0 spiro atoms. The van der Waals surface area contributed by atoms with Gasteiger partial charge in [0.1, 0.15) is 5.75 Å². The molecule has 0 bridgehead atoms. The van der Waals surface area contributed by atoms with E-state index in [4.69, 9.17) is 9.72 Å². The Morgan fingerprint density at radius 3 is 2.62 bits per heavy atom. The number of anilines is 2. The number of hydrogen-bond donors (Lipinski definition) is 1. The van der Waals surface area contributed by atoms with Gasteiger partial charge in [0.15, 0.2) is 0 Å². The lowest BCUT2D eigenvalue weighted by molar-refractivity contribution is 0.342. The number of para-hydroxylation sites is 4. The van der Waals surface area contributed by atoms with Crippen LogP contribution in [0.1, 0.15) is 27.2 Å². The quantitative estimate of drug-likeness (QED) is 0.647. The number of aryl methyl sites for hydroxylation is 1. The van der Waals surface area contributed by atoms with Crippen LogP contribution in [0, 0.1) is 5.92 Å². The third-order valence-corrected chi connectivity index (χ3v) is 4.02. The van der Waals surface area contributed by atoms with E-state index in [2.05, 4.69) is 41.9 Å². The molecule has 4 heteroatoms. The van der Waals surface area contributed by atoms with E-state index in [1.807, 2.05) is 37.3 Å². The highest BCUT2D eigenvalue weighted by Gasteiger charge is 2.12. The molecule has 0 fully saturated rings. The minimum absolute atomic E-state index is 0.641. The van der Waals surface area contributed by atoms with Gasteiger partial charge < -0.3 is 14.6 Å². The van der Waals surface area contributed by atoms with Crippen molar-refractivity contribution in [2.24, 2.45) is 5.92 Å². The zero-order valence-electron chi connectivity index (χ0n) is 14.6. The van der Waals surface area contributed by atoms with E-state index in [9.17, 15) is 0 Å². The van der Waals surface area contributed by atoms with Gasteiger partial charge in [-0.2, -0.15) is 0 Å². The molecule has 4 nitrogen and oxygen atoms in total. The largest absolute Gasteiger partial charge is 0.492 e. The van der Waals surface area contributed by atoms with Gasteiger partial charge in [-0.25, -0.2) is 4.98 Å². The Morgan fingerprint density at radius 2 is 1.83 bits per heavy atom. The monoisotopic (exact) mass is 323 g/mol. The number of ether oxygens (including phenoxy) is 1. The summed E-state index contributed by atoms with van der Waals surface area (Å²) in [4.78, 5) is 4.78. The van der Waals surface area contributed by atoms with Gasteiger partial charge in [0.05, 0.1) is 23.3 Å². The summed E-state index contributed by atoms with van der Waals surface area (Å²) in [6.45, 7) is 8.07. The molecule has 2 aromatic carbocycles. The average molecular weight is 323 g/mol. The Labute approximate surface area is 143 Å². The molecule has 0 aliphatic rings. The van der Waals surface area contributed by atoms with E-state index in [1.54, 1.807) is 0 Å². The predicted octanol–water partition coefficient (Wildman–Crippen LogP) is 5.22. The van der Waals surface area contributed by atoms with Crippen LogP contribution in [0.25, 0.3) is 11.0 Å². The molecule has 126 valence electrons. The summed E-state index contributed by atoms with van der Waals surface area (Å²) in [5, 5.41) is 3.47. The number of benzene rings is 2. The molecule has 0 radical (unpaired) electrons. The minimum Gasteiger partial charge on any atom is -0.492 e. The number of nitrogens with one attached hydrogen (secondary N) is 1. The second-order valence-electron chi connectivity index (χ2n) is 6.31. The Bertz CT molecular complexity index is 808. The molecule has 1 aromatic heterocycles. The molecule has 0 amide bonds. The predicted molar refractivity (Wildman–Crippen MR) is 100 cm³/mol. The Kier molecular flexibility index (Phi) is 5.04. The number of aromatic nitrogens is 2. The first kappa shape index (κ1) is 16.4. The average Bonchev–Trinajstić information content (AvgIpc) is 2.92. The Hall–Kier alpha value is -2.49. The third kappa shape index (κ3) is 3.53. The molecular formula is C20H25N3O. The van der Waals surface area contributed by atoms with Crippen molar-refractivity contribution in [3.8, 4) is 5.75 Å². The first-order chi connectivity index (χ1) is 11.7. The van der Waals surface area contributed by atoms with E-state index in [0.29, 0.717) is 12.5 Å². The highest BCUT2D eigenvalue weighted by molar-refractivity contribution is 5.80. The van der Waals surface area contributed by atoms with Crippen molar-refractivity contribution in [2.45, 2.75) is 33.7 Å². The van der Waals surface area contributed by atoms with E-state index in [1.165, 1.54) is 0 Å². The number of hydrogen-bond acceptors (Lipinski definition) is 3. The summed E-state index contributed by atoms with van der Waals surface area (Å²) >= 11 is 0. The molecule has 3 rings (SSSR count). The van der Waals surface area contributed by atoms with Crippen molar-refractivity contribution >= 4 is 22.7 Å². The summed E-state index contributed by atoms with van der Waals surface area (Å²) in [5.41, 5.74) is 3.12. The van der Waals surface area contributed by atoms with Crippen LogP contribution in [0.5, 0.6) is 5.75 Å². The Morgan fingerprint density at radius 1 is 1.08 bits per heavy atom. The van der Waals surface area contributed by atoms with Gasteiger partial charge in [-0.1, -0.05) is 38.1 Å². The number of rotatable bonds is 7. The van der Waals surface area contributed by atoms with Gasteiger partial charge in [0, 0.05) is 6.54 Å². The van der Waals surface area contributed by atoms with Crippen molar-refractivity contribution in [1.82, 2.24) is 9.55 Å². The van der Waals surface area contributed by atoms with Gasteiger partial charge in [0.2, 0.25) is 5.95 Å². The number of fused-ring (bicyclic) bond motifs is 1. The summed E-state index contributed by atoms with van der Waals surface area (Å²) in [6, 6.07) is 16.3. The number of imidazole rings is 1. The van der Waals surface area contributed by atoms with E-state index in [0.717, 1.165) is 41.4 Å². The molecule has 0 saturated carbocycles. The van der Waals surface area contributed by atoms with Crippen LogP contribution in [0.2, 0.25) is 0 Å². The fourth-order valence-electron chi connectivity index (χ4n) is 2.76. The van der Waals surface area contributed by atoms with E-state index < -0.39 is 0 Å². The standard InChI is InChI=1S/C20H25N3O/c1-4-24-19-12-8-6-10-17(19)22-20-21-16-9-5-7-11-18(16)23(20)14-13-15(2)3/h5-12,15H,4,13-14H2,1-3H3,(H,21,22). The first-order valence-corrected chi connectivity index (χ1v) is 8.63. The third-order valence-electron chi connectivity index (χ3n) is 4.02. The summed E-state index contributed by atoms with van der Waals surface area (Å²) in [7, 11) is 0. The molecule has 0 atom stereocenters. The molecule has 3 aromatic rings. The lowest BCUT2D eigenvalue weighted by Gasteiger charge is -2.14. The molecule has 1 heterocycles. The maximum Gasteiger partial charge on any atom is 0.208 e. The van der Waals surface area contributed by atoms with Crippen LogP contribution in [0.15, 0.2) is 48.5 Å². The number of nitrogens with zero attached hydrogens (tertiary/aromatic N) is 2. The lowest BCUT2D eigenvalue weighted by Crippen LogP contribution is -2.07. The van der Waals surface area contributed by atoms with E-state index >= 15 is 0 Å². The molecule has 0 unspecified atom stereocenters. The van der Waals surface area contributed by atoms with Crippen molar-refractivity contribution in [3.05, 3.63) is 48.5 Å². The fraction of sp³-hybridized carbons (Fsp3) is 0.350. The smallest absolute Gasteiger partial charge is 0.208 e. The van der Waals surface area contributed by atoms with Gasteiger partial charge >= 0.3 is 0 Å². The van der Waals surface area contributed by atoms with Crippen LogP contribution < -0.4 is 10.1 Å². The Balaban J connectivity index is 1.98. The SMILES string of the molecule is CCOc1ccccc1Nc1nc2ccccc2n1CCC(C)C. The van der Waals surface area contributed by atoms with Crippen molar-refractivity contribution < 1.29 is 4.74 Å². The summed E-state index contributed by atoms with van der Waals surface area (Å²) < 4.78 is 7.98. The van der Waals surface area contributed by atoms with Gasteiger partial charge in [0.25, 0.3) is 0 Å². The minimum atomic E-state index is 0.641. The van der Waals surface area contributed by atoms with Crippen molar-refractivity contribution in [2.75, 3.05) is 11.9 Å². The molecule has 0 aliphatic heterocycles. The molecule has 0 aliphatic carbocycles. The van der Waals surface area contributed by atoms with E-state index in [-0.39, 0.29) is 0 Å². The van der Waals surface area contributed by atoms with Gasteiger partial charge in [-0.15, -0.1) is 0 Å². The summed E-state index contributed by atoms with van der Waals surface area (Å²) in [5.74, 6) is 2.36. The molecular weight excluding hydrogens is 298 g/mol. The first-order valence-electron chi connectivity index (χ1n) is 8.63. The molecule has 1 N–H and O–H groups in total. The zero-order valence-corrected chi connectivity index (χ0v) is 14.6. The maximum absolute atomic E-state index is 5.72. The lowest BCUT2D eigenvalue weighted by atomic mass is 10.1. The van der Waals surface area contributed by atoms with Gasteiger partial charge in [-0.3, -0.25) is 0 Å². The highest BCUT2D eigenvalue weighted by atomic mass is 16.5. The topological polar surface area (TPSA) is 39.1 Å². The highest BCUT2D eigenvalue weighted by Crippen LogP contribution is 2.29. The van der Waals surface area contributed by atoms with Crippen LogP contribution in [-0.4, -0.2) is 16.2 Å². The van der Waals surface area contributed by atoms with Crippen LogP contribution >= 0.6 is 0 Å². The van der Waals surface area contributed by atoms with Crippen LogP contribution in [-0.2, 0) is 6.54 Å². The molecule has 24 heavy (non-hydrogen) atoms. The fourth-order valence-corrected chi connectivity index (χ4v) is 2.76. The van der Waals surface area contributed by atoms with Crippen LogP contribution in [0.4, 0.5) is 11.6 Å². The van der Waals surface area contributed by atoms with Crippen molar-refractivity contribution in [1.29, 1.82) is 0 Å². The zero-order chi connectivity index (χ0) is 16.9. The maximum atomic E-state index is 5.72.